The molecule has 1 amide bonds. The van der Waals surface area contributed by atoms with E-state index in [-0.39, 0.29) is 12.2 Å². The maximum Gasteiger partial charge on any atom is 0.336 e. The van der Waals surface area contributed by atoms with Gasteiger partial charge >= 0.3 is 5.69 Å². The summed E-state index contributed by atoms with van der Waals surface area (Å²) in [5, 5.41) is 4.76. The van der Waals surface area contributed by atoms with E-state index < -0.39 is 23.0 Å². The summed E-state index contributed by atoms with van der Waals surface area (Å²) in [6.45, 7) is 1.24. The lowest BCUT2D eigenvalue weighted by atomic mass is 10.2. The van der Waals surface area contributed by atoms with Gasteiger partial charge in [-0.15, -0.1) is 11.3 Å². The smallest absolute Gasteiger partial charge is 0.336 e. The number of carbonyl (C=O) groups is 1. The summed E-state index contributed by atoms with van der Waals surface area (Å²) in [6, 6.07) is 10.2. The van der Waals surface area contributed by atoms with Crippen molar-refractivity contribution in [3.63, 3.8) is 0 Å². The van der Waals surface area contributed by atoms with Crippen LogP contribution in [0.4, 0.5) is 10.1 Å². The number of rotatable bonds is 5. The van der Waals surface area contributed by atoms with Crippen molar-refractivity contribution in [1.82, 2.24) is 9.13 Å². The van der Waals surface area contributed by atoms with Gasteiger partial charge in [-0.3, -0.25) is 14.2 Å². The second kappa shape index (κ2) is 8.60. The Morgan fingerprint density at radius 2 is 1.97 bits per heavy atom. The molecule has 0 fully saturated rings. The summed E-state index contributed by atoms with van der Waals surface area (Å²) in [7, 11) is 1.46. The Morgan fingerprint density at radius 3 is 2.69 bits per heavy atom. The van der Waals surface area contributed by atoms with E-state index in [2.05, 4.69) is 5.32 Å². The zero-order valence-electron chi connectivity index (χ0n) is 17.0. The van der Waals surface area contributed by atoms with Crippen LogP contribution in [0.2, 0.25) is 5.02 Å². The average molecular weight is 474 g/mol. The van der Waals surface area contributed by atoms with E-state index in [9.17, 15) is 18.8 Å². The normalized spacial score (nSPS) is 11.0. The third-order valence-electron chi connectivity index (χ3n) is 4.89. The monoisotopic (exact) mass is 473 g/mol. The maximum absolute atomic E-state index is 13.6. The lowest BCUT2D eigenvalue weighted by Gasteiger charge is -2.15. The van der Waals surface area contributed by atoms with E-state index in [1.165, 1.54) is 35.9 Å². The average Bonchev–Trinajstić information content (AvgIpc) is 3.23. The SMILES string of the molecule is COc1ccc(Cl)cc1NC(=O)Cn1c(=O)n(-c2ccc(F)cc2C)c(=O)c2sccc21. The highest BCUT2D eigenvalue weighted by atomic mass is 35.5. The number of nitrogens with one attached hydrogen (secondary N) is 1. The number of carbonyl (C=O) groups excluding carboxylic acids is 1. The van der Waals surface area contributed by atoms with Crippen molar-refractivity contribution in [3.8, 4) is 11.4 Å². The first-order chi connectivity index (χ1) is 15.3. The van der Waals surface area contributed by atoms with Crippen LogP contribution in [-0.2, 0) is 11.3 Å². The third kappa shape index (κ3) is 3.92. The predicted molar refractivity (Wildman–Crippen MR) is 123 cm³/mol. The highest BCUT2D eigenvalue weighted by molar-refractivity contribution is 7.17. The van der Waals surface area contributed by atoms with E-state index in [0.717, 1.165) is 15.9 Å². The molecule has 0 aliphatic carbocycles. The first kappa shape index (κ1) is 21.8. The summed E-state index contributed by atoms with van der Waals surface area (Å²) in [5.74, 6) is -0.587. The van der Waals surface area contributed by atoms with Crippen molar-refractivity contribution < 1.29 is 13.9 Å². The second-order valence-corrected chi connectivity index (χ2v) is 8.32. The number of amides is 1. The van der Waals surface area contributed by atoms with Gasteiger partial charge in [-0.25, -0.2) is 13.8 Å². The van der Waals surface area contributed by atoms with Crippen molar-refractivity contribution in [2.24, 2.45) is 0 Å². The molecule has 2 aromatic heterocycles. The summed E-state index contributed by atoms with van der Waals surface area (Å²) in [6.07, 6.45) is 0. The molecule has 0 spiro atoms. The van der Waals surface area contributed by atoms with E-state index in [1.807, 2.05) is 0 Å². The van der Waals surface area contributed by atoms with Crippen LogP contribution in [0, 0.1) is 12.7 Å². The largest absolute Gasteiger partial charge is 0.495 e. The fraction of sp³-hybridized carbons (Fsp3) is 0.136. The van der Waals surface area contributed by atoms with Gasteiger partial charge in [0.15, 0.2) is 0 Å². The minimum atomic E-state index is -0.705. The minimum Gasteiger partial charge on any atom is -0.495 e. The number of nitrogens with zero attached hydrogens (tertiary/aromatic N) is 2. The second-order valence-electron chi connectivity index (χ2n) is 6.97. The van der Waals surface area contributed by atoms with Crippen LogP contribution < -0.4 is 21.3 Å². The van der Waals surface area contributed by atoms with E-state index >= 15 is 0 Å². The van der Waals surface area contributed by atoms with Crippen LogP contribution in [0.25, 0.3) is 15.9 Å². The molecule has 0 bridgehead atoms. The third-order valence-corrected chi connectivity index (χ3v) is 6.02. The van der Waals surface area contributed by atoms with Crippen LogP contribution in [-0.4, -0.2) is 22.2 Å². The van der Waals surface area contributed by atoms with Gasteiger partial charge in [0.1, 0.15) is 22.8 Å². The Bertz CT molecular complexity index is 1470. The Hall–Kier alpha value is -3.43. The fourth-order valence-corrected chi connectivity index (χ4v) is 4.43. The van der Waals surface area contributed by atoms with Gasteiger partial charge in [0.25, 0.3) is 5.56 Å². The van der Waals surface area contributed by atoms with E-state index in [0.29, 0.717) is 32.2 Å². The molecular weight excluding hydrogens is 457 g/mol. The van der Waals surface area contributed by atoms with Crippen LogP contribution >= 0.6 is 22.9 Å². The number of fused-ring (bicyclic) bond motifs is 1. The Kier molecular flexibility index (Phi) is 5.86. The molecule has 0 saturated heterocycles. The number of methoxy groups -OCH3 is 1. The number of aryl methyl sites for hydroxylation is 1. The predicted octanol–water partition coefficient (Wildman–Crippen LogP) is 3.96. The van der Waals surface area contributed by atoms with Gasteiger partial charge in [-0.05, 0) is 60.3 Å². The number of aromatic nitrogens is 2. The van der Waals surface area contributed by atoms with Crippen LogP contribution in [0.1, 0.15) is 5.56 Å². The lowest BCUT2D eigenvalue weighted by Crippen LogP contribution is -2.40. The summed E-state index contributed by atoms with van der Waals surface area (Å²) >= 11 is 7.17. The Balaban J connectivity index is 1.81. The topological polar surface area (TPSA) is 82.3 Å². The number of thiophene rings is 1. The van der Waals surface area contributed by atoms with Crippen molar-refractivity contribution in [1.29, 1.82) is 0 Å². The van der Waals surface area contributed by atoms with Crippen molar-refractivity contribution in [2.75, 3.05) is 12.4 Å². The van der Waals surface area contributed by atoms with Gasteiger partial charge in [-0.1, -0.05) is 11.6 Å². The van der Waals surface area contributed by atoms with E-state index in [4.69, 9.17) is 16.3 Å². The molecule has 7 nitrogen and oxygen atoms in total. The summed E-state index contributed by atoms with van der Waals surface area (Å²) < 4.78 is 21.3. The number of benzene rings is 2. The Morgan fingerprint density at radius 1 is 1.19 bits per heavy atom. The quantitative estimate of drug-likeness (QED) is 0.475. The van der Waals surface area contributed by atoms with E-state index in [1.54, 1.807) is 30.5 Å². The number of halogens is 2. The molecule has 2 aromatic carbocycles. The molecule has 0 unspecified atom stereocenters. The van der Waals surface area contributed by atoms with Gasteiger partial charge in [0.05, 0.1) is 24.0 Å². The molecule has 0 saturated carbocycles. The number of hydrogen-bond acceptors (Lipinski definition) is 5. The van der Waals surface area contributed by atoms with Gasteiger partial charge in [0, 0.05) is 5.02 Å². The molecule has 0 aliphatic rings. The maximum atomic E-state index is 13.6. The summed E-state index contributed by atoms with van der Waals surface area (Å²) in [4.78, 5) is 39.2. The standard InChI is InChI=1S/C22H17ClFN3O4S/c1-12-9-14(24)4-5-16(12)27-21(29)20-17(7-8-32-20)26(22(27)30)11-19(28)25-15-10-13(23)3-6-18(15)31-2/h3-10H,11H2,1-2H3,(H,25,28). The molecule has 4 aromatic rings. The number of ether oxygens (including phenoxy) is 1. The highest BCUT2D eigenvalue weighted by Gasteiger charge is 2.19. The lowest BCUT2D eigenvalue weighted by molar-refractivity contribution is -0.116. The van der Waals surface area contributed by atoms with Crippen molar-refractivity contribution >= 4 is 44.7 Å². The fourth-order valence-electron chi connectivity index (χ4n) is 3.43. The highest BCUT2D eigenvalue weighted by Crippen LogP contribution is 2.27. The molecule has 164 valence electrons. The van der Waals surface area contributed by atoms with Crippen LogP contribution in [0.15, 0.2) is 57.4 Å². The zero-order valence-corrected chi connectivity index (χ0v) is 18.6. The van der Waals surface area contributed by atoms with Gasteiger partial charge in [0.2, 0.25) is 5.91 Å². The van der Waals surface area contributed by atoms with Crippen molar-refractivity contribution in [2.45, 2.75) is 13.5 Å². The van der Waals surface area contributed by atoms with Gasteiger partial charge in [-0.2, -0.15) is 0 Å². The molecule has 2 heterocycles. The molecule has 0 aliphatic heterocycles. The minimum absolute atomic E-state index is 0.252. The molecule has 0 atom stereocenters. The molecule has 32 heavy (non-hydrogen) atoms. The van der Waals surface area contributed by atoms with Gasteiger partial charge < -0.3 is 10.1 Å². The molecule has 1 N–H and O–H groups in total. The molecule has 10 heteroatoms. The first-order valence-electron chi connectivity index (χ1n) is 9.43. The number of hydrogen-bond donors (Lipinski definition) is 1. The van der Waals surface area contributed by atoms with Crippen LogP contribution in [0.5, 0.6) is 5.75 Å². The molecular formula is C22H17ClFN3O4S. The molecule has 0 radical (unpaired) electrons. The Labute approximate surface area is 190 Å². The molecule has 4 rings (SSSR count). The summed E-state index contributed by atoms with van der Waals surface area (Å²) in [5.41, 5.74) is 0.130. The van der Waals surface area contributed by atoms with Crippen molar-refractivity contribution in [3.05, 3.63) is 85.1 Å². The van der Waals surface area contributed by atoms with Crippen LogP contribution in [0.3, 0.4) is 0 Å². The number of anilines is 1. The first-order valence-corrected chi connectivity index (χ1v) is 10.7. The zero-order chi connectivity index (χ0) is 23.0.